The van der Waals surface area contributed by atoms with E-state index in [9.17, 15) is 0 Å². The number of hydrogen-bond donors (Lipinski definition) is 0. The number of terminal acetylenes is 2. The molecule has 0 aromatic heterocycles. The van der Waals surface area contributed by atoms with E-state index in [4.69, 9.17) is 12.8 Å². The molecule has 0 aromatic rings. The van der Waals surface area contributed by atoms with E-state index in [1.807, 2.05) is 24.3 Å². The molecule has 0 saturated carbocycles. The molecule has 0 spiro atoms. The average molecular weight is 206 g/mol. The second-order valence-corrected chi connectivity index (χ2v) is 4.21. The van der Waals surface area contributed by atoms with E-state index in [0.29, 0.717) is 0 Å². The second-order valence-electron chi connectivity index (χ2n) is 4.21. The fourth-order valence-corrected chi connectivity index (χ4v) is 2.37. The van der Waals surface area contributed by atoms with Crippen LogP contribution in [-0.2, 0) is 0 Å². The maximum atomic E-state index is 5.74. The zero-order chi connectivity index (χ0) is 11.5. The van der Waals surface area contributed by atoms with Crippen molar-refractivity contribution in [1.82, 2.24) is 0 Å². The number of hydrogen-bond acceptors (Lipinski definition) is 0. The first kappa shape index (κ1) is 10.6. The zero-order valence-corrected chi connectivity index (χ0v) is 9.19. The van der Waals surface area contributed by atoms with Crippen LogP contribution in [0.3, 0.4) is 0 Å². The van der Waals surface area contributed by atoms with E-state index in [1.54, 1.807) is 0 Å². The zero-order valence-electron chi connectivity index (χ0n) is 9.19. The van der Waals surface area contributed by atoms with Gasteiger partial charge in [0.2, 0.25) is 0 Å². The van der Waals surface area contributed by atoms with Crippen LogP contribution in [0.15, 0.2) is 48.6 Å². The highest BCUT2D eigenvalue weighted by molar-refractivity contribution is 5.41. The molecule has 2 unspecified atom stereocenters. The Morgan fingerprint density at radius 1 is 0.750 bits per heavy atom. The van der Waals surface area contributed by atoms with Crippen molar-refractivity contribution in [3.63, 3.8) is 0 Å². The molecule has 0 amide bonds. The van der Waals surface area contributed by atoms with Gasteiger partial charge >= 0.3 is 0 Å². The summed E-state index contributed by atoms with van der Waals surface area (Å²) < 4.78 is 0. The molecule has 0 radical (unpaired) electrons. The van der Waals surface area contributed by atoms with Crippen LogP contribution < -0.4 is 0 Å². The standard InChI is InChI=1S/C16H14/c1-3-15(11-7-5-8-12-15)16(4-2)13-9-6-10-14-16/h1-2,5-11,13H,12,14H2. The van der Waals surface area contributed by atoms with Gasteiger partial charge in [-0.25, -0.2) is 0 Å². The van der Waals surface area contributed by atoms with Gasteiger partial charge < -0.3 is 0 Å². The van der Waals surface area contributed by atoms with Gasteiger partial charge in [0, 0.05) is 0 Å². The van der Waals surface area contributed by atoms with Gasteiger partial charge in [0.05, 0.1) is 10.8 Å². The van der Waals surface area contributed by atoms with Crippen LogP contribution in [0.1, 0.15) is 12.8 Å². The molecule has 78 valence electrons. The molecule has 2 rings (SSSR count). The van der Waals surface area contributed by atoms with Crippen molar-refractivity contribution in [2.24, 2.45) is 10.8 Å². The Kier molecular flexibility index (Phi) is 2.59. The molecule has 0 bridgehead atoms. The predicted molar refractivity (Wildman–Crippen MR) is 68.3 cm³/mol. The Morgan fingerprint density at radius 3 is 1.44 bits per heavy atom. The summed E-state index contributed by atoms with van der Waals surface area (Å²) in [5.41, 5.74) is -0.754. The lowest BCUT2D eigenvalue weighted by molar-refractivity contribution is 0.287. The molecule has 2 atom stereocenters. The van der Waals surface area contributed by atoms with E-state index in [2.05, 4.69) is 36.1 Å². The van der Waals surface area contributed by atoms with Crippen LogP contribution in [0.5, 0.6) is 0 Å². The Labute approximate surface area is 97.4 Å². The van der Waals surface area contributed by atoms with Gasteiger partial charge in [0.15, 0.2) is 0 Å². The molecular weight excluding hydrogens is 192 g/mol. The minimum atomic E-state index is -0.377. The van der Waals surface area contributed by atoms with Crippen molar-refractivity contribution in [2.45, 2.75) is 12.8 Å². The van der Waals surface area contributed by atoms with Gasteiger partial charge in [0.1, 0.15) is 0 Å². The van der Waals surface area contributed by atoms with Crippen molar-refractivity contribution < 1.29 is 0 Å². The Bertz CT molecular complexity index is 427. The van der Waals surface area contributed by atoms with Crippen LogP contribution in [0.2, 0.25) is 0 Å². The van der Waals surface area contributed by atoms with Crippen LogP contribution in [0.4, 0.5) is 0 Å². The molecule has 0 aromatic carbocycles. The number of rotatable bonds is 1. The van der Waals surface area contributed by atoms with Crippen LogP contribution in [-0.4, -0.2) is 0 Å². The largest absolute Gasteiger partial charge is 0.119 e. The summed E-state index contributed by atoms with van der Waals surface area (Å²) in [7, 11) is 0. The smallest absolute Gasteiger partial charge is 0.0731 e. The maximum absolute atomic E-state index is 5.74. The summed E-state index contributed by atoms with van der Waals surface area (Å²) >= 11 is 0. The first-order valence-corrected chi connectivity index (χ1v) is 5.43. The lowest BCUT2D eigenvalue weighted by Crippen LogP contribution is -2.38. The molecule has 16 heavy (non-hydrogen) atoms. The Hall–Kier alpha value is -1.92. The molecule has 0 heteroatoms. The highest BCUT2D eigenvalue weighted by Gasteiger charge is 2.45. The van der Waals surface area contributed by atoms with E-state index in [1.165, 1.54) is 0 Å². The van der Waals surface area contributed by atoms with Crippen molar-refractivity contribution >= 4 is 0 Å². The minimum Gasteiger partial charge on any atom is -0.119 e. The molecule has 0 saturated heterocycles. The second kappa shape index (κ2) is 3.92. The Morgan fingerprint density at radius 2 is 1.19 bits per heavy atom. The van der Waals surface area contributed by atoms with Gasteiger partial charge in [-0.3, -0.25) is 0 Å². The fraction of sp³-hybridized carbons (Fsp3) is 0.250. The van der Waals surface area contributed by atoms with Crippen molar-refractivity contribution in [3.05, 3.63) is 48.6 Å². The normalized spacial score (nSPS) is 35.6. The summed E-state index contributed by atoms with van der Waals surface area (Å²) in [4.78, 5) is 0. The van der Waals surface area contributed by atoms with Crippen molar-refractivity contribution in [1.29, 1.82) is 0 Å². The summed E-state index contributed by atoms with van der Waals surface area (Å²) in [6, 6.07) is 0. The molecule has 0 nitrogen and oxygen atoms in total. The predicted octanol–water partition coefficient (Wildman–Crippen LogP) is 3.26. The van der Waals surface area contributed by atoms with Gasteiger partial charge in [-0.05, 0) is 12.8 Å². The molecule has 2 aliphatic rings. The van der Waals surface area contributed by atoms with E-state index in [0.717, 1.165) is 12.8 Å². The molecule has 0 N–H and O–H groups in total. The van der Waals surface area contributed by atoms with Gasteiger partial charge in [-0.2, -0.15) is 0 Å². The van der Waals surface area contributed by atoms with Crippen molar-refractivity contribution in [3.8, 4) is 24.7 Å². The van der Waals surface area contributed by atoms with Crippen LogP contribution >= 0.6 is 0 Å². The third-order valence-corrected chi connectivity index (χ3v) is 3.45. The first-order valence-electron chi connectivity index (χ1n) is 5.43. The summed E-state index contributed by atoms with van der Waals surface area (Å²) in [5.74, 6) is 5.83. The monoisotopic (exact) mass is 206 g/mol. The first-order chi connectivity index (χ1) is 7.79. The third-order valence-electron chi connectivity index (χ3n) is 3.45. The maximum Gasteiger partial charge on any atom is 0.0731 e. The lowest BCUT2D eigenvalue weighted by Gasteiger charge is -2.41. The molecular formula is C16H14. The van der Waals surface area contributed by atoms with Crippen LogP contribution in [0, 0.1) is 35.5 Å². The van der Waals surface area contributed by atoms with Gasteiger partial charge in [0.25, 0.3) is 0 Å². The molecule has 0 aliphatic heterocycles. The highest BCUT2D eigenvalue weighted by atomic mass is 14.4. The summed E-state index contributed by atoms with van der Waals surface area (Å²) in [6.07, 6.45) is 29.4. The van der Waals surface area contributed by atoms with Crippen molar-refractivity contribution in [2.75, 3.05) is 0 Å². The SMILES string of the molecule is C#CC1(C2(C#C)C=CC=CC2)C=CC=CC1. The Balaban J connectivity index is 2.49. The molecule has 2 aliphatic carbocycles. The number of allylic oxidation sites excluding steroid dienone is 8. The molecule has 0 fully saturated rings. The highest BCUT2D eigenvalue weighted by Crippen LogP contribution is 2.49. The van der Waals surface area contributed by atoms with Crippen LogP contribution in [0.25, 0.3) is 0 Å². The lowest BCUT2D eigenvalue weighted by atomic mass is 9.59. The van der Waals surface area contributed by atoms with E-state index >= 15 is 0 Å². The van der Waals surface area contributed by atoms with Gasteiger partial charge in [-0.1, -0.05) is 60.4 Å². The van der Waals surface area contributed by atoms with Gasteiger partial charge in [-0.15, -0.1) is 12.8 Å². The summed E-state index contributed by atoms with van der Waals surface area (Å²) in [5, 5.41) is 0. The fourth-order valence-electron chi connectivity index (χ4n) is 2.37. The molecule has 0 heterocycles. The van der Waals surface area contributed by atoms with E-state index < -0.39 is 0 Å². The summed E-state index contributed by atoms with van der Waals surface area (Å²) in [6.45, 7) is 0. The third kappa shape index (κ3) is 1.36. The quantitative estimate of drug-likeness (QED) is 0.578. The topological polar surface area (TPSA) is 0 Å². The average Bonchev–Trinajstić information content (AvgIpc) is 2.40. The minimum absolute atomic E-state index is 0.377. The van der Waals surface area contributed by atoms with E-state index in [-0.39, 0.29) is 10.8 Å².